The average Bonchev–Trinajstić information content (AvgIpc) is 3.35. The van der Waals surface area contributed by atoms with Crippen LogP contribution in [0.5, 0.6) is 0 Å². The summed E-state index contributed by atoms with van der Waals surface area (Å²) in [6, 6.07) is 0. The van der Waals surface area contributed by atoms with E-state index in [4.69, 9.17) is 0 Å². The monoisotopic (exact) mass is 608 g/mol. The molecule has 4 heterocycles. The molecule has 5 rings (SSSR count). The van der Waals surface area contributed by atoms with Crippen LogP contribution in [-0.4, -0.2) is 42.4 Å². The van der Waals surface area contributed by atoms with E-state index in [0.717, 1.165) is 0 Å². The van der Waals surface area contributed by atoms with Gasteiger partial charge < -0.3 is 0 Å². The zero-order valence-electron chi connectivity index (χ0n) is 13.2. The van der Waals surface area contributed by atoms with Gasteiger partial charge in [0.05, 0.1) is 0 Å². The first-order chi connectivity index (χ1) is 12.2. The molecule has 5 aliphatic rings. The zero-order chi connectivity index (χ0) is 17.0. The predicted molar refractivity (Wildman–Crippen MR) is 133 cm³/mol. The van der Waals surface area contributed by atoms with Crippen molar-refractivity contribution in [1.82, 2.24) is 0 Å². The molecule has 0 aromatic rings. The molecule has 132 valence electrons. The summed E-state index contributed by atoms with van der Waals surface area (Å²) in [5.41, 5.74) is 0. The Kier molecular flexibility index (Phi) is 6.51. The SMILES string of the molecule is CSC1=C(SC)SC(=C2SC3=C(S2)SC(=C2[Se]C4=C(CCC4)[Se]2)S3)S1. The van der Waals surface area contributed by atoms with Gasteiger partial charge in [-0.25, -0.2) is 0 Å². The third-order valence-corrected chi connectivity index (χ3v) is 23.3. The molecule has 0 amide bonds. The van der Waals surface area contributed by atoms with Crippen molar-refractivity contribution in [2.45, 2.75) is 19.3 Å². The molecule has 25 heavy (non-hydrogen) atoms. The summed E-state index contributed by atoms with van der Waals surface area (Å²) in [5, 5.41) is 0. The molecule has 0 atom stereocenters. The molecule has 0 fully saturated rings. The van der Waals surface area contributed by atoms with Crippen molar-refractivity contribution in [3.05, 3.63) is 42.0 Å². The Morgan fingerprint density at radius 2 is 1.08 bits per heavy atom. The van der Waals surface area contributed by atoms with Crippen LogP contribution in [-0.2, 0) is 0 Å². The van der Waals surface area contributed by atoms with Crippen LogP contribution in [0.3, 0.4) is 0 Å². The Hall–Kier alpha value is 2.54. The summed E-state index contributed by atoms with van der Waals surface area (Å²) < 4.78 is 16.3. The molecule has 0 radical (unpaired) electrons. The van der Waals surface area contributed by atoms with Crippen molar-refractivity contribution in [3.63, 3.8) is 0 Å². The van der Waals surface area contributed by atoms with Gasteiger partial charge >= 0.3 is 198 Å². The van der Waals surface area contributed by atoms with Gasteiger partial charge in [0.25, 0.3) is 0 Å². The molecule has 1 aliphatic carbocycles. The van der Waals surface area contributed by atoms with Crippen molar-refractivity contribution in [1.29, 1.82) is 0 Å². The van der Waals surface area contributed by atoms with Gasteiger partial charge in [-0.1, -0.05) is 0 Å². The topological polar surface area (TPSA) is 0 Å². The maximum atomic E-state index is 2.19. The number of thioether (sulfide) groups is 8. The summed E-state index contributed by atoms with van der Waals surface area (Å²) in [5.74, 6) is 0. The summed E-state index contributed by atoms with van der Waals surface area (Å²) in [4.78, 5) is 0. The number of rotatable bonds is 2. The van der Waals surface area contributed by atoms with Gasteiger partial charge in [-0.3, -0.25) is 0 Å². The van der Waals surface area contributed by atoms with E-state index in [2.05, 4.69) is 36.0 Å². The Morgan fingerprint density at radius 1 is 0.640 bits per heavy atom. The molecule has 0 nitrogen and oxygen atoms in total. The van der Waals surface area contributed by atoms with Crippen molar-refractivity contribution in [2.24, 2.45) is 0 Å². The number of hydrogen-bond donors (Lipinski definition) is 0. The molecule has 0 N–H and O–H groups in total. The Balaban J connectivity index is 1.27. The van der Waals surface area contributed by atoms with Crippen LogP contribution >= 0.6 is 94.1 Å². The van der Waals surface area contributed by atoms with E-state index < -0.39 is 0 Å². The molecule has 0 saturated heterocycles. The van der Waals surface area contributed by atoms with Crippen LogP contribution in [0.2, 0.25) is 0 Å². The fourth-order valence-corrected chi connectivity index (χ4v) is 22.7. The fourth-order valence-electron chi connectivity index (χ4n) is 2.59. The predicted octanol–water partition coefficient (Wildman–Crippen LogP) is 7.48. The van der Waals surface area contributed by atoms with E-state index in [1.165, 1.54) is 36.2 Å². The minimum atomic E-state index is 0.694. The Labute approximate surface area is 195 Å². The molecular weight excluding hydrogens is 595 g/mol. The van der Waals surface area contributed by atoms with Gasteiger partial charge in [0, 0.05) is 0 Å². The van der Waals surface area contributed by atoms with Crippen molar-refractivity contribution < 1.29 is 0 Å². The normalized spacial score (nSPS) is 26.2. The zero-order valence-corrected chi connectivity index (χ0v) is 23.2. The van der Waals surface area contributed by atoms with Crippen LogP contribution < -0.4 is 0 Å². The van der Waals surface area contributed by atoms with Crippen LogP contribution in [0.25, 0.3) is 0 Å². The first-order valence-corrected chi connectivity index (χ1v) is 18.2. The molecule has 0 bridgehead atoms. The van der Waals surface area contributed by atoms with E-state index in [-0.39, 0.29) is 0 Å². The number of allylic oxidation sites excluding steroid dienone is 2. The molecule has 0 aromatic carbocycles. The molecule has 0 aromatic heterocycles. The summed E-state index contributed by atoms with van der Waals surface area (Å²) in [7, 11) is 0. The van der Waals surface area contributed by atoms with Gasteiger partial charge in [0.1, 0.15) is 0 Å². The summed E-state index contributed by atoms with van der Waals surface area (Å²) in [6.07, 6.45) is 8.65. The molecule has 0 unspecified atom stereocenters. The fraction of sp³-hybridized carbons (Fsp3) is 0.333. The first-order valence-electron chi connectivity index (χ1n) is 7.45. The second-order valence-corrected chi connectivity index (χ2v) is 20.7. The maximum absolute atomic E-state index is 2.19. The van der Waals surface area contributed by atoms with Crippen molar-refractivity contribution >= 4 is 124 Å². The van der Waals surface area contributed by atoms with Crippen LogP contribution in [0.1, 0.15) is 19.3 Å². The molecule has 0 saturated carbocycles. The molecule has 10 heteroatoms. The third-order valence-electron chi connectivity index (χ3n) is 3.70. The van der Waals surface area contributed by atoms with Gasteiger partial charge in [0.15, 0.2) is 0 Å². The summed E-state index contributed by atoms with van der Waals surface area (Å²) in [6.45, 7) is 0. The van der Waals surface area contributed by atoms with E-state index in [0.29, 0.717) is 29.9 Å². The average molecular weight is 607 g/mol. The van der Waals surface area contributed by atoms with Crippen molar-refractivity contribution in [2.75, 3.05) is 12.5 Å². The van der Waals surface area contributed by atoms with Gasteiger partial charge in [-0.15, -0.1) is 0 Å². The standard InChI is InChI=1S/C15H12S8Se2/c1-16-8-9(17-2)19-10(18-8)11-20-12-13(21-11)23-14(22-12)15-24-6-4-3-5-7(6)25-15/h3-5H2,1-2H3. The van der Waals surface area contributed by atoms with Gasteiger partial charge in [-0.2, -0.15) is 0 Å². The van der Waals surface area contributed by atoms with E-state index in [9.17, 15) is 0 Å². The third kappa shape index (κ3) is 3.84. The summed E-state index contributed by atoms with van der Waals surface area (Å²) >= 11 is 17.4. The molecule has 4 aliphatic heterocycles. The second-order valence-electron chi connectivity index (χ2n) is 5.22. The molecular formula is C15H12S8Se2. The van der Waals surface area contributed by atoms with Crippen molar-refractivity contribution in [3.8, 4) is 0 Å². The minimum absolute atomic E-state index is 0.694. The van der Waals surface area contributed by atoms with Gasteiger partial charge in [-0.05, 0) is 0 Å². The van der Waals surface area contributed by atoms with Gasteiger partial charge in [0.2, 0.25) is 0 Å². The Morgan fingerprint density at radius 3 is 1.56 bits per heavy atom. The first kappa shape index (κ1) is 19.5. The van der Waals surface area contributed by atoms with E-state index in [1.807, 2.05) is 82.9 Å². The Bertz CT molecular complexity index is 761. The molecule has 0 spiro atoms. The van der Waals surface area contributed by atoms with E-state index >= 15 is 0 Å². The van der Waals surface area contributed by atoms with Crippen LogP contribution in [0.15, 0.2) is 42.0 Å². The quantitative estimate of drug-likeness (QED) is 0.293. The van der Waals surface area contributed by atoms with Crippen LogP contribution in [0.4, 0.5) is 0 Å². The number of hydrogen-bond acceptors (Lipinski definition) is 8. The second kappa shape index (κ2) is 8.35. The van der Waals surface area contributed by atoms with E-state index in [1.54, 1.807) is 12.7 Å². The van der Waals surface area contributed by atoms with Crippen LogP contribution in [0, 0.1) is 0 Å².